The van der Waals surface area contributed by atoms with Crippen molar-refractivity contribution in [2.24, 2.45) is 5.10 Å². The van der Waals surface area contributed by atoms with Crippen LogP contribution in [-0.4, -0.2) is 49.0 Å². The Hall–Kier alpha value is -5.06. The Morgan fingerprint density at radius 2 is 1.83 bits per heavy atom. The van der Waals surface area contributed by atoms with E-state index in [9.17, 15) is 14.4 Å². The number of aromatic nitrogens is 1. The summed E-state index contributed by atoms with van der Waals surface area (Å²) in [7, 11) is 1.45. The molecule has 214 valence electrons. The Balaban J connectivity index is 1.41. The third kappa shape index (κ3) is 6.57. The molecule has 3 amide bonds. The van der Waals surface area contributed by atoms with Crippen molar-refractivity contribution in [2.75, 3.05) is 20.3 Å². The number of para-hydroxylation sites is 1. The first-order valence-corrected chi connectivity index (χ1v) is 13.1. The molecule has 0 fully saturated rings. The molecule has 0 aliphatic carbocycles. The van der Waals surface area contributed by atoms with Crippen molar-refractivity contribution in [3.05, 3.63) is 88.4 Å². The number of ether oxygens (including phenoxy) is 3. The highest BCUT2D eigenvalue weighted by Gasteiger charge is 2.32. The molecule has 3 aromatic rings. The van der Waals surface area contributed by atoms with E-state index in [1.54, 1.807) is 38.3 Å². The maximum Gasteiger partial charge on any atom is 0.338 e. The number of carbonyl (C=O) groups is 3. The quantitative estimate of drug-likeness (QED) is 0.197. The molecular formula is C30H33N5O6. The van der Waals surface area contributed by atoms with Gasteiger partial charge in [0.15, 0.2) is 18.1 Å². The zero-order valence-electron chi connectivity index (χ0n) is 23.6. The van der Waals surface area contributed by atoms with Gasteiger partial charge in [0.1, 0.15) is 0 Å². The standard InChI is InChI=1S/C30H33N5O6/c1-6-40-29(37)27-19(3)32-30(38)33-28(27)21-12-13-24(25(15-21)39-5)41-17-26(36)34-31-16-22-14-18(2)35(20(22)4)23-10-8-7-9-11-23/h7-16,28H,6,17H2,1-5H3,(H,34,36)(H2,32,33,38)/b31-16-/t28-/m0/s1. The number of benzene rings is 2. The lowest BCUT2D eigenvalue weighted by molar-refractivity contribution is -0.139. The number of methoxy groups -OCH3 is 1. The number of urea groups is 1. The summed E-state index contributed by atoms with van der Waals surface area (Å²) in [5.41, 5.74) is 7.70. The Labute approximate surface area is 238 Å². The summed E-state index contributed by atoms with van der Waals surface area (Å²) in [6.07, 6.45) is 1.60. The maximum atomic E-state index is 12.6. The van der Waals surface area contributed by atoms with Crippen LogP contribution in [0.2, 0.25) is 0 Å². The van der Waals surface area contributed by atoms with E-state index >= 15 is 0 Å². The number of hydrazone groups is 1. The van der Waals surface area contributed by atoms with Gasteiger partial charge in [-0.2, -0.15) is 5.10 Å². The van der Waals surface area contributed by atoms with E-state index < -0.39 is 23.9 Å². The second-order valence-corrected chi connectivity index (χ2v) is 9.28. The minimum Gasteiger partial charge on any atom is -0.493 e. The number of hydrogen-bond donors (Lipinski definition) is 3. The predicted octanol–water partition coefficient (Wildman–Crippen LogP) is 3.82. The number of nitrogens with zero attached hydrogens (tertiary/aromatic N) is 2. The van der Waals surface area contributed by atoms with Crippen molar-refractivity contribution in [3.63, 3.8) is 0 Å². The Bertz CT molecular complexity index is 1510. The van der Waals surface area contributed by atoms with Crippen molar-refractivity contribution in [3.8, 4) is 17.2 Å². The summed E-state index contributed by atoms with van der Waals surface area (Å²) in [6.45, 7) is 7.22. The van der Waals surface area contributed by atoms with Crippen LogP contribution in [0.25, 0.3) is 5.69 Å². The highest BCUT2D eigenvalue weighted by Crippen LogP contribution is 2.34. The third-order valence-electron chi connectivity index (χ3n) is 6.52. The van der Waals surface area contributed by atoms with Gasteiger partial charge in [0, 0.05) is 28.3 Å². The van der Waals surface area contributed by atoms with Gasteiger partial charge in [0.2, 0.25) is 0 Å². The number of esters is 1. The molecule has 2 heterocycles. The van der Waals surface area contributed by atoms with E-state index in [4.69, 9.17) is 14.2 Å². The summed E-state index contributed by atoms with van der Waals surface area (Å²) in [4.78, 5) is 37.2. The molecular weight excluding hydrogens is 526 g/mol. The zero-order valence-corrected chi connectivity index (χ0v) is 23.6. The predicted molar refractivity (Wildman–Crippen MR) is 153 cm³/mol. The SMILES string of the molecule is CCOC(=O)C1=C(C)NC(=O)N[C@H]1c1ccc(OCC(=O)N/N=C\c2cc(C)n(-c3ccccc3)c2C)c(OC)c1. The number of allylic oxidation sites excluding steroid dienone is 1. The molecule has 41 heavy (non-hydrogen) atoms. The molecule has 0 bridgehead atoms. The first-order chi connectivity index (χ1) is 19.7. The van der Waals surface area contributed by atoms with Crippen LogP contribution in [0.4, 0.5) is 4.79 Å². The van der Waals surface area contributed by atoms with Crippen LogP contribution in [0, 0.1) is 13.8 Å². The average Bonchev–Trinajstić information content (AvgIpc) is 3.24. The van der Waals surface area contributed by atoms with Crippen LogP contribution in [0.1, 0.15) is 42.4 Å². The lowest BCUT2D eigenvalue weighted by Gasteiger charge is -2.28. The topological polar surface area (TPSA) is 132 Å². The largest absolute Gasteiger partial charge is 0.493 e. The summed E-state index contributed by atoms with van der Waals surface area (Å²) in [5, 5.41) is 9.43. The summed E-state index contributed by atoms with van der Waals surface area (Å²) in [6, 6.07) is 15.7. The maximum absolute atomic E-state index is 12.6. The summed E-state index contributed by atoms with van der Waals surface area (Å²) < 4.78 is 18.4. The lowest BCUT2D eigenvalue weighted by atomic mass is 9.95. The Morgan fingerprint density at radius 1 is 1.07 bits per heavy atom. The molecule has 11 nitrogen and oxygen atoms in total. The molecule has 1 atom stereocenters. The van der Waals surface area contributed by atoms with Gasteiger partial charge < -0.3 is 29.4 Å². The van der Waals surface area contributed by atoms with E-state index in [0.717, 1.165) is 22.6 Å². The number of nitrogens with one attached hydrogen (secondary N) is 3. The van der Waals surface area contributed by atoms with E-state index in [2.05, 4.69) is 25.7 Å². The van der Waals surface area contributed by atoms with Crippen molar-refractivity contribution >= 4 is 24.1 Å². The molecule has 0 saturated heterocycles. The molecule has 3 N–H and O–H groups in total. The highest BCUT2D eigenvalue weighted by molar-refractivity contribution is 5.95. The monoisotopic (exact) mass is 559 g/mol. The fourth-order valence-electron chi connectivity index (χ4n) is 4.65. The average molecular weight is 560 g/mol. The van der Waals surface area contributed by atoms with Gasteiger partial charge >= 0.3 is 12.0 Å². The molecule has 1 aliphatic rings. The van der Waals surface area contributed by atoms with Crippen LogP contribution in [0.5, 0.6) is 11.5 Å². The molecule has 11 heteroatoms. The van der Waals surface area contributed by atoms with E-state index in [1.807, 2.05) is 50.2 Å². The van der Waals surface area contributed by atoms with Crippen molar-refractivity contribution in [1.82, 2.24) is 20.6 Å². The molecule has 1 aromatic heterocycles. The van der Waals surface area contributed by atoms with Crippen molar-refractivity contribution in [2.45, 2.75) is 33.7 Å². The number of aryl methyl sites for hydroxylation is 1. The lowest BCUT2D eigenvalue weighted by Crippen LogP contribution is -2.45. The second-order valence-electron chi connectivity index (χ2n) is 9.28. The van der Waals surface area contributed by atoms with Gasteiger partial charge in [0.05, 0.1) is 31.5 Å². The van der Waals surface area contributed by atoms with Gasteiger partial charge in [-0.1, -0.05) is 24.3 Å². The summed E-state index contributed by atoms with van der Waals surface area (Å²) >= 11 is 0. The second kappa shape index (κ2) is 12.9. The van der Waals surface area contributed by atoms with Crippen LogP contribution in [0.15, 0.2) is 71.0 Å². The molecule has 0 saturated carbocycles. The van der Waals surface area contributed by atoms with Crippen molar-refractivity contribution < 1.29 is 28.6 Å². The molecule has 0 spiro atoms. The van der Waals surface area contributed by atoms with Crippen LogP contribution < -0.4 is 25.5 Å². The molecule has 2 aromatic carbocycles. The van der Waals surface area contributed by atoms with Crippen molar-refractivity contribution in [1.29, 1.82) is 0 Å². The minimum atomic E-state index is -0.757. The number of hydrogen-bond acceptors (Lipinski definition) is 7. The van der Waals surface area contributed by atoms with Crippen LogP contribution in [0.3, 0.4) is 0 Å². The molecule has 0 radical (unpaired) electrons. The minimum absolute atomic E-state index is 0.193. The van der Waals surface area contributed by atoms with Crippen LogP contribution >= 0.6 is 0 Å². The van der Waals surface area contributed by atoms with Crippen LogP contribution in [-0.2, 0) is 14.3 Å². The highest BCUT2D eigenvalue weighted by atomic mass is 16.5. The summed E-state index contributed by atoms with van der Waals surface area (Å²) in [5.74, 6) is -0.375. The smallest absolute Gasteiger partial charge is 0.338 e. The zero-order chi connectivity index (χ0) is 29.5. The number of amides is 3. The van der Waals surface area contributed by atoms with Gasteiger partial charge in [0.25, 0.3) is 5.91 Å². The third-order valence-corrected chi connectivity index (χ3v) is 6.52. The fourth-order valence-corrected chi connectivity index (χ4v) is 4.65. The first-order valence-electron chi connectivity index (χ1n) is 13.1. The van der Waals surface area contributed by atoms with E-state index in [1.165, 1.54) is 7.11 Å². The molecule has 0 unspecified atom stereocenters. The fraction of sp³-hybridized carbons (Fsp3) is 0.267. The Kier molecular flexibility index (Phi) is 9.08. The van der Waals surface area contributed by atoms with Gasteiger partial charge in [-0.15, -0.1) is 0 Å². The molecule has 4 rings (SSSR count). The Morgan fingerprint density at radius 3 is 2.54 bits per heavy atom. The van der Waals surface area contributed by atoms with Gasteiger partial charge in [-0.25, -0.2) is 15.0 Å². The van der Waals surface area contributed by atoms with E-state index in [0.29, 0.717) is 22.8 Å². The first kappa shape index (κ1) is 28.9. The van der Waals surface area contributed by atoms with E-state index in [-0.39, 0.29) is 18.8 Å². The van der Waals surface area contributed by atoms with Gasteiger partial charge in [-0.3, -0.25) is 4.79 Å². The number of carbonyl (C=O) groups excluding carboxylic acids is 3. The normalized spacial score (nSPS) is 14.9. The molecule has 1 aliphatic heterocycles. The number of rotatable bonds is 10. The van der Waals surface area contributed by atoms with Gasteiger partial charge in [-0.05, 0) is 63.6 Å².